The molecule has 0 aromatic rings. The van der Waals surface area contributed by atoms with E-state index in [9.17, 15) is 0 Å². The minimum atomic E-state index is 0.505. The minimum absolute atomic E-state index is 0.505. The molecule has 2 bridgehead atoms. The van der Waals surface area contributed by atoms with Crippen LogP contribution in [0.4, 0.5) is 0 Å². The summed E-state index contributed by atoms with van der Waals surface area (Å²) >= 11 is 0. The van der Waals surface area contributed by atoms with Crippen molar-refractivity contribution >= 4 is 0 Å². The van der Waals surface area contributed by atoms with Crippen LogP contribution in [0.1, 0.15) is 92.9 Å². The van der Waals surface area contributed by atoms with Gasteiger partial charge in [0.25, 0.3) is 0 Å². The van der Waals surface area contributed by atoms with E-state index in [0.29, 0.717) is 16.2 Å². The first kappa shape index (κ1) is 15.4. The van der Waals surface area contributed by atoms with Gasteiger partial charge in [-0.25, -0.2) is 0 Å². The molecule has 112 valence electrons. The number of rotatable bonds is 2. The highest BCUT2D eigenvalue weighted by Crippen LogP contribution is 2.57. The SMILES string of the molecule is CC(C)(C)CC1CC2CCCC(CC(C)(C)C)(C2)C1. The second-order valence-electron chi connectivity index (χ2n) is 10.3. The molecule has 2 aliphatic carbocycles. The fourth-order valence-corrected chi connectivity index (χ4v) is 5.52. The second-order valence-corrected chi connectivity index (χ2v) is 10.3. The molecule has 2 rings (SSSR count). The van der Waals surface area contributed by atoms with E-state index < -0.39 is 0 Å². The molecule has 0 nitrogen and oxygen atoms in total. The summed E-state index contributed by atoms with van der Waals surface area (Å²) in [6.07, 6.45) is 12.0. The predicted octanol–water partition coefficient (Wildman–Crippen LogP) is 6.45. The molecule has 0 spiro atoms. The molecule has 0 saturated heterocycles. The molecule has 0 aliphatic heterocycles. The third-order valence-corrected chi connectivity index (χ3v) is 5.24. The van der Waals surface area contributed by atoms with E-state index in [4.69, 9.17) is 0 Å². The molecule has 0 amide bonds. The molecular formula is C19H36. The van der Waals surface area contributed by atoms with Crippen LogP contribution in [-0.4, -0.2) is 0 Å². The Morgan fingerprint density at radius 2 is 1.63 bits per heavy atom. The van der Waals surface area contributed by atoms with Crippen LogP contribution in [0.2, 0.25) is 0 Å². The van der Waals surface area contributed by atoms with Crippen molar-refractivity contribution in [3.63, 3.8) is 0 Å². The largest absolute Gasteiger partial charge is 0.0602 e. The van der Waals surface area contributed by atoms with Gasteiger partial charge in [-0.05, 0) is 66.6 Å². The first-order valence-corrected chi connectivity index (χ1v) is 8.57. The average molecular weight is 264 g/mol. The lowest BCUT2D eigenvalue weighted by atomic mass is 9.54. The van der Waals surface area contributed by atoms with Crippen LogP contribution in [0.3, 0.4) is 0 Å². The normalized spacial score (nSPS) is 36.3. The van der Waals surface area contributed by atoms with Crippen molar-refractivity contribution in [2.45, 2.75) is 92.9 Å². The third kappa shape index (κ3) is 4.50. The lowest BCUT2D eigenvalue weighted by Gasteiger charge is -2.52. The summed E-state index contributed by atoms with van der Waals surface area (Å²) in [6.45, 7) is 14.6. The Hall–Kier alpha value is 0. The van der Waals surface area contributed by atoms with Gasteiger partial charge in [-0.2, -0.15) is 0 Å². The average Bonchev–Trinajstić information content (AvgIpc) is 2.09. The van der Waals surface area contributed by atoms with Crippen molar-refractivity contribution < 1.29 is 0 Å². The highest BCUT2D eigenvalue weighted by Gasteiger charge is 2.45. The van der Waals surface area contributed by atoms with Gasteiger partial charge in [-0.15, -0.1) is 0 Å². The molecule has 3 atom stereocenters. The molecule has 0 heteroatoms. The number of fused-ring (bicyclic) bond motifs is 2. The van der Waals surface area contributed by atoms with Gasteiger partial charge in [0.2, 0.25) is 0 Å². The molecule has 0 radical (unpaired) electrons. The molecule has 0 aromatic carbocycles. The summed E-state index contributed by atoms with van der Waals surface area (Å²) in [6, 6.07) is 0. The first-order valence-electron chi connectivity index (χ1n) is 8.57. The monoisotopic (exact) mass is 264 g/mol. The molecule has 19 heavy (non-hydrogen) atoms. The van der Waals surface area contributed by atoms with E-state index in [1.165, 1.54) is 44.9 Å². The summed E-state index contributed by atoms with van der Waals surface area (Å²) in [5.74, 6) is 2.05. The van der Waals surface area contributed by atoms with Crippen LogP contribution in [0.5, 0.6) is 0 Å². The van der Waals surface area contributed by atoms with Crippen molar-refractivity contribution in [3.8, 4) is 0 Å². The minimum Gasteiger partial charge on any atom is -0.0602 e. The molecule has 0 N–H and O–H groups in total. The number of hydrogen-bond donors (Lipinski definition) is 0. The fourth-order valence-electron chi connectivity index (χ4n) is 5.52. The zero-order valence-electron chi connectivity index (χ0n) is 14.3. The van der Waals surface area contributed by atoms with Crippen LogP contribution < -0.4 is 0 Å². The third-order valence-electron chi connectivity index (χ3n) is 5.24. The van der Waals surface area contributed by atoms with E-state index in [-0.39, 0.29) is 0 Å². The predicted molar refractivity (Wildman–Crippen MR) is 85.3 cm³/mol. The van der Waals surface area contributed by atoms with E-state index in [2.05, 4.69) is 41.5 Å². The van der Waals surface area contributed by atoms with Gasteiger partial charge in [0.05, 0.1) is 0 Å². The summed E-state index contributed by atoms with van der Waals surface area (Å²) in [4.78, 5) is 0. The van der Waals surface area contributed by atoms with Crippen molar-refractivity contribution in [2.75, 3.05) is 0 Å². The van der Waals surface area contributed by atoms with Crippen LogP contribution in [0.15, 0.2) is 0 Å². The molecule has 3 unspecified atom stereocenters. The van der Waals surface area contributed by atoms with Gasteiger partial charge >= 0.3 is 0 Å². The van der Waals surface area contributed by atoms with Crippen LogP contribution in [0, 0.1) is 28.1 Å². The van der Waals surface area contributed by atoms with Gasteiger partial charge in [-0.3, -0.25) is 0 Å². The van der Waals surface area contributed by atoms with E-state index in [1.54, 1.807) is 6.42 Å². The lowest BCUT2D eigenvalue weighted by Crippen LogP contribution is -2.40. The molecule has 2 aliphatic rings. The van der Waals surface area contributed by atoms with Gasteiger partial charge in [0.15, 0.2) is 0 Å². The Labute approximate surface area is 121 Å². The highest BCUT2D eigenvalue weighted by atomic mass is 14.5. The van der Waals surface area contributed by atoms with Crippen LogP contribution in [-0.2, 0) is 0 Å². The first-order chi connectivity index (χ1) is 8.57. The molecular weight excluding hydrogens is 228 g/mol. The summed E-state index contributed by atoms with van der Waals surface area (Å²) in [7, 11) is 0. The zero-order valence-corrected chi connectivity index (χ0v) is 14.3. The molecule has 2 fully saturated rings. The maximum Gasteiger partial charge on any atom is -0.0287 e. The zero-order chi connectivity index (χ0) is 14.3. The number of hydrogen-bond acceptors (Lipinski definition) is 0. The molecule has 2 saturated carbocycles. The quantitative estimate of drug-likeness (QED) is 0.538. The second kappa shape index (κ2) is 5.08. The summed E-state index contributed by atoms with van der Waals surface area (Å²) in [5.41, 5.74) is 1.72. The Morgan fingerprint density at radius 3 is 2.21 bits per heavy atom. The van der Waals surface area contributed by atoms with Crippen molar-refractivity contribution in [1.29, 1.82) is 0 Å². The smallest absolute Gasteiger partial charge is 0.0287 e. The topological polar surface area (TPSA) is 0 Å². The molecule has 0 heterocycles. The van der Waals surface area contributed by atoms with E-state index in [0.717, 1.165) is 11.8 Å². The maximum atomic E-state index is 2.44. The fraction of sp³-hybridized carbons (Fsp3) is 1.00. The Balaban J connectivity index is 2.09. The maximum absolute atomic E-state index is 2.44. The van der Waals surface area contributed by atoms with Gasteiger partial charge in [-0.1, -0.05) is 54.4 Å². The Morgan fingerprint density at radius 1 is 0.947 bits per heavy atom. The van der Waals surface area contributed by atoms with Gasteiger partial charge in [0, 0.05) is 0 Å². The highest BCUT2D eigenvalue weighted by molar-refractivity contribution is 4.96. The van der Waals surface area contributed by atoms with Crippen LogP contribution >= 0.6 is 0 Å². The van der Waals surface area contributed by atoms with E-state index >= 15 is 0 Å². The van der Waals surface area contributed by atoms with Crippen LogP contribution in [0.25, 0.3) is 0 Å². The molecule has 0 aromatic heterocycles. The van der Waals surface area contributed by atoms with E-state index in [1.807, 2.05) is 0 Å². The Kier molecular flexibility index (Phi) is 4.11. The van der Waals surface area contributed by atoms with Gasteiger partial charge < -0.3 is 0 Å². The standard InChI is InChI=1S/C19H36/c1-17(2,3)11-16-10-15-8-7-9-19(12-15,13-16)14-18(4,5)6/h15-16H,7-14H2,1-6H3. The summed E-state index contributed by atoms with van der Waals surface area (Å²) in [5, 5.41) is 0. The van der Waals surface area contributed by atoms with Crippen molar-refractivity contribution in [1.82, 2.24) is 0 Å². The summed E-state index contributed by atoms with van der Waals surface area (Å²) < 4.78 is 0. The van der Waals surface area contributed by atoms with Crippen molar-refractivity contribution in [2.24, 2.45) is 28.1 Å². The van der Waals surface area contributed by atoms with Gasteiger partial charge in [0.1, 0.15) is 0 Å². The lowest BCUT2D eigenvalue weighted by molar-refractivity contribution is -0.00390. The Bertz CT molecular complexity index is 301. The van der Waals surface area contributed by atoms with Crippen molar-refractivity contribution in [3.05, 3.63) is 0 Å².